The van der Waals surface area contributed by atoms with E-state index in [1.807, 2.05) is 4.90 Å². The molecule has 1 aromatic carbocycles. The number of rotatable bonds is 3. The summed E-state index contributed by atoms with van der Waals surface area (Å²) in [7, 11) is 1.72. The van der Waals surface area contributed by atoms with E-state index >= 15 is 0 Å². The van der Waals surface area contributed by atoms with Gasteiger partial charge in [0.1, 0.15) is 0 Å². The minimum atomic E-state index is -0.952. The molecule has 102 valence electrons. The van der Waals surface area contributed by atoms with Gasteiger partial charge in [0.05, 0.1) is 23.5 Å². The van der Waals surface area contributed by atoms with E-state index in [2.05, 4.69) is 13.8 Å². The third-order valence-corrected chi connectivity index (χ3v) is 3.21. The molecule has 0 bridgehead atoms. The van der Waals surface area contributed by atoms with Crippen LogP contribution in [0.2, 0.25) is 0 Å². The summed E-state index contributed by atoms with van der Waals surface area (Å²) >= 11 is 0. The molecule has 1 aromatic rings. The highest BCUT2D eigenvalue weighted by Crippen LogP contribution is 2.34. The largest absolute Gasteiger partial charge is 0.478 e. The number of carboxylic acids is 1. The lowest BCUT2D eigenvalue weighted by atomic mass is 10.1. The lowest BCUT2D eigenvalue weighted by molar-refractivity contribution is -0.117. The molecule has 19 heavy (non-hydrogen) atoms. The number of likely N-dealkylation sites (N-methyl/N-ethyl adjacent to an activating group) is 1. The van der Waals surface area contributed by atoms with Crippen molar-refractivity contribution in [1.82, 2.24) is 0 Å². The van der Waals surface area contributed by atoms with Gasteiger partial charge >= 0.3 is 5.97 Å². The Morgan fingerprint density at radius 1 is 1.37 bits per heavy atom. The highest BCUT2D eigenvalue weighted by atomic mass is 16.4. The van der Waals surface area contributed by atoms with Crippen LogP contribution in [0.15, 0.2) is 18.2 Å². The first-order chi connectivity index (χ1) is 8.90. The van der Waals surface area contributed by atoms with E-state index in [0.29, 0.717) is 12.5 Å². The van der Waals surface area contributed by atoms with Crippen LogP contribution in [0.4, 0.5) is 11.4 Å². The third kappa shape index (κ3) is 2.54. The minimum absolute atomic E-state index is 0.0243. The van der Waals surface area contributed by atoms with Gasteiger partial charge < -0.3 is 14.9 Å². The SMILES string of the molecule is CC(C)CN1CC(=O)N(C)c2ccc(C(=O)O)cc21. The second kappa shape index (κ2) is 4.91. The Balaban J connectivity index is 2.47. The molecular weight excluding hydrogens is 244 g/mol. The normalized spacial score (nSPS) is 14.8. The average Bonchev–Trinajstić information content (AvgIpc) is 2.34. The number of aromatic carboxylic acids is 1. The number of amides is 1. The molecule has 0 aliphatic carbocycles. The molecule has 0 unspecified atom stereocenters. The standard InChI is InChI=1S/C14H18N2O3/c1-9(2)7-16-8-13(17)15(3)11-5-4-10(14(18)19)6-12(11)16/h4-6,9H,7-8H2,1-3H3,(H,18,19). The van der Waals surface area contributed by atoms with Crippen molar-refractivity contribution >= 4 is 23.3 Å². The van der Waals surface area contributed by atoms with Gasteiger partial charge in [-0.3, -0.25) is 4.79 Å². The Morgan fingerprint density at radius 3 is 2.63 bits per heavy atom. The number of anilines is 2. The van der Waals surface area contributed by atoms with E-state index in [1.54, 1.807) is 24.1 Å². The number of carboxylic acid groups (broad SMARTS) is 1. The van der Waals surface area contributed by atoms with Gasteiger partial charge in [-0.15, -0.1) is 0 Å². The Hall–Kier alpha value is -2.04. The smallest absolute Gasteiger partial charge is 0.335 e. The maximum Gasteiger partial charge on any atom is 0.335 e. The Kier molecular flexibility index (Phi) is 3.46. The molecule has 0 aromatic heterocycles. The molecule has 1 N–H and O–H groups in total. The van der Waals surface area contributed by atoms with Crippen LogP contribution in [-0.4, -0.2) is 37.1 Å². The quantitative estimate of drug-likeness (QED) is 0.902. The molecule has 1 heterocycles. The zero-order chi connectivity index (χ0) is 14.2. The first kappa shape index (κ1) is 13.4. The second-order valence-corrected chi connectivity index (χ2v) is 5.24. The van der Waals surface area contributed by atoms with Gasteiger partial charge in [-0.2, -0.15) is 0 Å². The molecule has 0 fully saturated rings. The predicted molar refractivity (Wildman–Crippen MR) is 73.9 cm³/mol. The van der Waals surface area contributed by atoms with Crippen LogP contribution in [0.5, 0.6) is 0 Å². The van der Waals surface area contributed by atoms with E-state index in [1.165, 1.54) is 6.07 Å². The van der Waals surface area contributed by atoms with Crippen molar-refractivity contribution in [3.8, 4) is 0 Å². The van der Waals surface area contributed by atoms with Crippen LogP contribution < -0.4 is 9.80 Å². The van der Waals surface area contributed by atoms with E-state index < -0.39 is 5.97 Å². The molecule has 1 aliphatic heterocycles. The van der Waals surface area contributed by atoms with Crippen LogP contribution in [0, 0.1) is 5.92 Å². The molecule has 0 saturated carbocycles. The van der Waals surface area contributed by atoms with Gasteiger partial charge in [0.2, 0.25) is 5.91 Å². The number of nitrogens with zero attached hydrogens (tertiary/aromatic N) is 2. The maximum absolute atomic E-state index is 11.9. The van der Waals surface area contributed by atoms with Crippen molar-refractivity contribution in [2.24, 2.45) is 5.92 Å². The summed E-state index contributed by atoms with van der Waals surface area (Å²) in [6.45, 7) is 5.17. The molecule has 0 atom stereocenters. The zero-order valence-corrected chi connectivity index (χ0v) is 11.4. The lowest BCUT2D eigenvalue weighted by Crippen LogP contribution is -2.45. The fourth-order valence-electron chi connectivity index (χ4n) is 2.29. The van der Waals surface area contributed by atoms with Crippen LogP contribution in [0.3, 0.4) is 0 Å². The van der Waals surface area contributed by atoms with E-state index in [0.717, 1.165) is 17.9 Å². The van der Waals surface area contributed by atoms with Gasteiger partial charge in [0, 0.05) is 13.6 Å². The fourth-order valence-corrected chi connectivity index (χ4v) is 2.29. The Labute approximate surface area is 112 Å². The molecule has 0 saturated heterocycles. The fraction of sp³-hybridized carbons (Fsp3) is 0.429. The number of hydrogen-bond acceptors (Lipinski definition) is 3. The van der Waals surface area contributed by atoms with Crippen molar-refractivity contribution in [2.75, 3.05) is 29.9 Å². The summed E-state index contributed by atoms with van der Waals surface area (Å²) in [4.78, 5) is 26.5. The van der Waals surface area contributed by atoms with Crippen LogP contribution in [0.1, 0.15) is 24.2 Å². The van der Waals surface area contributed by atoms with Crippen molar-refractivity contribution in [3.05, 3.63) is 23.8 Å². The third-order valence-electron chi connectivity index (χ3n) is 3.21. The minimum Gasteiger partial charge on any atom is -0.478 e. The molecule has 5 nitrogen and oxygen atoms in total. The van der Waals surface area contributed by atoms with Gasteiger partial charge in [-0.05, 0) is 24.1 Å². The highest BCUT2D eigenvalue weighted by Gasteiger charge is 2.27. The molecule has 2 rings (SSSR count). The average molecular weight is 262 g/mol. The summed E-state index contributed by atoms with van der Waals surface area (Å²) in [5, 5.41) is 9.07. The summed E-state index contributed by atoms with van der Waals surface area (Å²) < 4.78 is 0. The van der Waals surface area contributed by atoms with Gasteiger partial charge in [0.15, 0.2) is 0 Å². The number of carbonyl (C=O) groups is 2. The van der Waals surface area contributed by atoms with Crippen LogP contribution in [-0.2, 0) is 4.79 Å². The van der Waals surface area contributed by atoms with E-state index in [4.69, 9.17) is 5.11 Å². The van der Waals surface area contributed by atoms with Crippen molar-refractivity contribution in [1.29, 1.82) is 0 Å². The summed E-state index contributed by atoms with van der Waals surface area (Å²) in [5.41, 5.74) is 1.83. The number of carbonyl (C=O) groups excluding carboxylic acids is 1. The number of benzene rings is 1. The second-order valence-electron chi connectivity index (χ2n) is 5.24. The lowest BCUT2D eigenvalue weighted by Gasteiger charge is -2.36. The van der Waals surface area contributed by atoms with Gasteiger partial charge in [-0.1, -0.05) is 13.8 Å². The summed E-state index contributed by atoms with van der Waals surface area (Å²) in [6, 6.07) is 4.87. The van der Waals surface area contributed by atoms with Crippen molar-refractivity contribution < 1.29 is 14.7 Å². The first-order valence-electron chi connectivity index (χ1n) is 6.29. The summed E-state index contributed by atoms with van der Waals surface area (Å²) in [5.74, 6) is -0.527. The Morgan fingerprint density at radius 2 is 2.05 bits per heavy atom. The molecule has 0 spiro atoms. The van der Waals surface area contributed by atoms with Gasteiger partial charge in [0.25, 0.3) is 0 Å². The topological polar surface area (TPSA) is 60.9 Å². The molecule has 1 aliphatic rings. The molecule has 1 amide bonds. The summed E-state index contributed by atoms with van der Waals surface area (Å²) in [6.07, 6.45) is 0. The van der Waals surface area contributed by atoms with Crippen LogP contribution in [0.25, 0.3) is 0 Å². The Bertz CT molecular complexity index is 525. The zero-order valence-electron chi connectivity index (χ0n) is 11.4. The number of fused-ring (bicyclic) bond motifs is 1. The predicted octanol–water partition coefficient (Wildman–Crippen LogP) is 1.82. The van der Waals surface area contributed by atoms with Gasteiger partial charge in [-0.25, -0.2) is 4.79 Å². The number of hydrogen-bond donors (Lipinski definition) is 1. The molecule has 0 radical (unpaired) electrons. The monoisotopic (exact) mass is 262 g/mol. The first-order valence-corrected chi connectivity index (χ1v) is 6.29. The molecular formula is C14H18N2O3. The van der Waals surface area contributed by atoms with E-state index in [9.17, 15) is 9.59 Å². The highest BCUT2D eigenvalue weighted by molar-refractivity contribution is 6.04. The van der Waals surface area contributed by atoms with Crippen molar-refractivity contribution in [2.45, 2.75) is 13.8 Å². The van der Waals surface area contributed by atoms with Crippen LogP contribution >= 0.6 is 0 Å². The van der Waals surface area contributed by atoms with E-state index in [-0.39, 0.29) is 11.5 Å². The van der Waals surface area contributed by atoms with Crippen molar-refractivity contribution in [3.63, 3.8) is 0 Å². The molecule has 5 heteroatoms. The maximum atomic E-state index is 11.9.